The van der Waals surface area contributed by atoms with E-state index in [1.807, 2.05) is 44.2 Å². The van der Waals surface area contributed by atoms with Crippen molar-refractivity contribution in [2.24, 2.45) is 5.92 Å². The number of amides is 1. The molecule has 136 valence electrons. The van der Waals surface area contributed by atoms with Crippen molar-refractivity contribution < 1.29 is 17.9 Å². The Morgan fingerprint density at radius 3 is 2.68 bits per heavy atom. The van der Waals surface area contributed by atoms with E-state index in [-0.39, 0.29) is 17.9 Å². The largest absolute Gasteiger partial charge is 0.365 e. The number of benzene rings is 1. The van der Waals surface area contributed by atoms with Crippen molar-refractivity contribution in [2.45, 2.75) is 43.8 Å². The lowest BCUT2D eigenvalue weighted by Crippen LogP contribution is -2.57. The second kappa shape index (κ2) is 5.79. The fraction of sp³-hybridized carbons (Fsp3) is 0.611. The van der Waals surface area contributed by atoms with Gasteiger partial charge in [-0.1, -0.05) is 44.2 Å². The number of hydrogen-bond acceptors (Lipinski definition) is 4. The van der Waals surface area contributed by atoms with Crippen LogP contribution in [-0.4, -0.2) is 60.1 Å². The summed E-state index contributed by atoms with van der Waals surface area (Å²) < 4.78 is 33.8. The van der Waals surface area contributed by atoms with Gasteiger partial charge in [-0.3, -0.25) is 4.79 Å². The van der Waals surface area contributed by atoms with Crippen molar-refractivity contribution in [2.75, 3.05) is 19.6 Å². The van der Waals surface area contributed by atoms with Crippen LogP contribution >= 0.6 is 0 Å². The average molecular weight is 364 g/mol. The van der Waals surface area contributed by atoms with Gasteiger partial charge < -0.3 is 9.64 Å². The zero-order chi connectivity index (χ0) is 17.8. The Morgan fingerprint density at radius 2 is 2.00 bits per heavy atom. The van der Waals surface area contributed by atoms with Crippen LogP contribution < -0.4 is 0 Å². The van der Waals surface area contributed by atoms with Gasteiger partial charge in [-0.15, -0.1) is 0 Å². The van der Waals surface area contributed by atoms with Gasteiger partial charge in [-0.05, 0) is 12.0 Å². The van der Waals surface area contributed by atoms with E-state index < -0.39 is 20.9 Å². The third kappa shape index (κ3) is 2.69. The Balaban J connectivity index is 1.61. The van der Waals surface area contributed by atoms with Gasteiger partial charge >= 0.3 is 0 Å². The Labute approximate surface area is 148 Å². The van der Waals surface area contributed by atoms with Crippen LogP contribution in [0.4, 0.5) is 0 Å². The maximum Gasteiger partial charge on any atom is 0.225 e. The number of likely N-dealkylation sites (tertiary alicyclic amines) is 1. The van der Waals surface area contributed by atoms with Gasteiger partial charge in [0.1, 0.15) is 10.9 Å². The maximum absolute atomic E-state index is 13.1. The first-order valence-electron chi connectivity index (χ1n) is 8.81. The van der Waals surface area contributed by atoms with Gasteiger partial charge in [0, 0.05) is 25.6 Å². The first-order chi connectivity index (χ1) is 11.8. The molecular formula is C18H24N2O4S. The summed E-state index contributed by atoms with van der Waals surface area (Å²) in [6.45, 7) is 5.31. The maximum atomic E-state index is 13.1. The standard InChI is InChI=1S/C18H24N2O4S/c1-13(2)17(21)19-10-15-8-16-18(11-19,24-15)12-20(25(16,22)23)9-14-6-4-3-5-7-14/h3-7,13,15-16H,8-12H2,1-2H3/t15-,16+,18+/m1/s1. The van der Waals surface area contributed by atoms with Gasteiger partial charge in [0.25, 0.3) is 0 Å². The number of sulfonamides is 1. The molecular weight excluding hydrogens is 340 g/mol. The average Bonchev–Trinajstić information content (AvgIpc) is 2.94. The van der Waals surface area contributed by atoms with Crippen LogP contribution in [0.2, 0.25) is 0 Å². The second-order valence-electron chi connectivity index (χ2n) is 7.70. The number of rotatable bonds is 3. The van der Waals surface area contributed by atoms with Crippen LogP contribution in [0.3, 0.4) is 0 Å². The van der Waals surface area contributed by atoms with Gasteiger partial charge in [0.05, 0.1) is 12.6 Å². The monoisotopic (exact) mass is 364 g/mol. The topological polar surface area (TPSA) is 66.9 Å². The molecule has 0 saturated carbocycles. The van der Waals surface area contributed by atoms with E-state index in [2.05, 4.69) is 0 Å². The van der Waals surface area contributed by atoms with Crippen LogP contribution in [0.1, 0.15) is 25.8 Å². The molecule has 0 N–H and O–H groups in total. The summed E-state index contributed by atoms with van der Waals surface area (Å²) >= 11 is 0. The van der Waals surface area contributed by atoms with Crippen molar-refractivity contribution in [1.29, 1.82) is 0 Å². The molecule has 2 bridgehead atoms. The molecule has 0 aliphatic carbocycles. The molecule has 0 radical (unpaired) electrons. The molecule has 3 aliphatic heterocycles. The van der Waals surface area contributed by atoms with Crippen molar-refractivity contribution in [3.8, 4) is 0 Å². The molecule has 0 aromatic heterocycles. The van der Waals surface area contributed by atoms with E-state index in [0.29, 0.717) is 32.6 Å². The highest BCUT2D eigenvalue weighted by Gasteiger charge is 2.65. The highest BCUT2D eigenvalue weighted by Crippen LogP contribution is 2.47. The second-order valence-corrected chi connectivity index (χ2v) is 9.82. The zero-order valence-corrected chi connectivity index (χ0v) is 15.4. The van der Waals surface area contributed by atoms with Crippen molar-refractivity contribution in [3.05, 3.63) is 35.9 Å². The molecule has 3 fully saturated rings. The van der Waals surface area contributed by atoms with Crippen molar-refractivity contribution in [3.63, 3.8) is 0 Å². The normalized spacial score (nSPS) is 33.6. The lowest BCUT2D eigenvalue weighted by Gasteiger charge is -2.40. The van der Waals surface area contributed by atoms with Gasteiger partial charge in [-0.25, -0.2) is 8.42 Å². The molecule has 3 atom stereocenters. The van der Waals surface area contributed by atoms with Crippen molar-refractivity contribution >= 4 is 15.9 Å². The number of morpholine rings is 1. The summed E-state index contributed by atoms with van der Waals surface area (Å²) in [6, 6.07) is 9.60. The van der Waals surface area contributed by atoms with E-state index in [4.69, 9.17) is 4.74 Å². The van der Waals surface area contributed by atoms with Crippen molar-refractivity contribution in [1.82, 2.24) is 9.21 Å². The van der Waals surface area contributed by atoms with E-state index >= 15 is 0 Å². The SMILES string of the molecule is CC(C)C(=O)N1C[C@H]2C[C@H]3[C@](C1)(CN(Cc1ccccc1)S3(=O)=O)O2. The molecule has 3 aliphatic rings. The fourth-order valence-corrected chi connectivity index (χ4v) is 6.70. The predicted molar refractivity (Wildman–Crippen MR) is 93.2 cm³/mol. The number of hydrogen-bond donors (Lipinski definition) is 0. The van der Waals surface area contributed by atoms with Crippen LogP contribution in [-0.2, 0) is 26.1 Å². The number of carbonyl (C=O) groups is 1. The van der Waals surface area contributed by atoms with Gasteiger partial charge in [0.15, 0.2) is 0 Å². The first kappa shape index (κ1) is 17.0. The molecule has 0 unspecified atom stereocenters. The lowest BCUT2D eigenvalue weighted by molar-refractivity contribution is -0.153. The number of fused-ring (bicyclic) bond motifs is 1. The Morgan fingerprint density at radius 1 is 1.28 bits per heavy atom. The van der Waals surface area contributed by atoms with E-state index in [0.717, 1.165) is 5.56 Å². The minimum absolute atomic E-state index is 0.0761. The summed E-state index contributed by atoms with van der Waals surface area (Å²) in [6.07, 6.45) is 0.310. The fourth-order valence-electron chi connectivity index (χ4n) is 4.41. The van der Waals surface area contributed by atoms with E-state index in [1.165, 1.54) is 4.31 Å². The molecule has 4 rings (SSSR count). The molecule has 1 amide bonds. The lowest BCUT2D eigenvalue weighted by atomic mass is 9.98. The number of ether oxygens (including phenoxy) is 1. The quantitative estimate of drug-likeness (QED) is 0.809. The molecule has 1 aromatic carbocycles. The third-order valence-electron chi connectivity index (χ3n) is 5.52. The van der Waals surface area contributed by atoms with Crippen LogP contribution in [0.5, 0.6) is 0 Å². The number of nitrogens with zero attached hydrogens (tertiary/aromatic N) is 2. The predicted octanol–water partition coefficient (Wildman–Crippen LogP) is 1.23. The summed E-state index contributed by atoms with van der Waals surface area (Å²) in [5.74, 6) is -0.0157. The molecule has 6 nitrogen and oxygen atoms in total. The zero-order valence-electron chi connectivity index (χ0n) is 14.6. The molecule has 3 saturated heterocycles. The van der Waals surface area contributed by atoms with Gasteiger partial charge in [0.2, 0.25) is 15.9 Å². The minimum atomic E-state index is -3.43. The highest BCUT2D eigenvalue weighted by atomic mass is 32.2. The Kier molecular flexibility index (Phi) is 3.94. The molecule has 1 aromatic rings. The van der Waals surface area contributed by atoms with E-state index in [1.54, 1.807) is 4.90 Å². The molecule has 7 heteroatoms. The van der Waals surface area contributed by atoms with Crippen LogP contribution in [0.15, 0.2) is 30.3 Å². The van der Waals surface area contributed by atoms with E-state index in [9.17, 15) is 13.2 Å². The third-order valence-corrected chi connectivity index (χ3v) is 7.84. The Bertz CT molecular complexity index is 780. The molecule has 3 heterocycles. The molecule has 25 heavy (non-hydrogen) atoms. The first-order valence-corrected chi connectivity index (χ1v) is 10.3. The summed E-state index contributed by atoms with van der Waals surface area (Å²) in [5.41, 5.74) is 0.186. The smallest absolute Gasteiger partial charge is 0.225 e. The highest BCUT2D eigenvalue weighted by molar-refractivity contribution is 7.90. The van der Waals surface area contributed by atoms with Crippen LogP contribution in [0.25, 0.3) is 0 Å². The summed E-state index contributed by atoms with van der Waals surface area (Å²) in [4.78, 5) is 14.2. The summed E-state index contributed by atoms with van der Waals surface area (Å²) in [7, 11) is -3.43. The summed E-state index contributed by atoms with van der Waals surface area (Å²) in [5, 5.41) is -0.543. The molecule has 1 spiro atoms. The van der Waals surface area contributed by atoms with Gasteiger partial charge in [-0.2, -0.15) is 4.31 Å². The minimum Gasteiger partial charge on any atom is -0.365 e. The van der Waals surface area contributed by atoms with Crippen LogP contribution in [0, 0.1) is 5.92 Å². The Hall–Kier alpha value is -1.44. The number of carbonyl (C=O) groups excluding carboxylic acids is 1.